The summed E-state index contributed by atoms with van der Waals surface area (Å²) in [4.78, 5) is 25.2. The number of thioether (sulfide) groups is 1. The average Bonchev–Trinajstić information content (AvgIpc) is 3.13. The molecule has 1 heterocycles. The van der Waals surface area contributed by atoms with E-state index in [1.54, 1.807) is 6.08 Å². The Hall–Kier alpha value is -3.62. The molecular weight excluding hydrogens is 494 g/mol. The molecule has 36 heavy (non-hydrogen) atoms. The highest BCUT2D eigenvalue weighted by Crippen LogP contribution is 2.36. The number of hydrogen-bond acceptors (Lipinski definition) is 6. The minimum atomic E-state index is -1.12. The van der Waals surface area contributed by atoms with Crippen molar-refractivity contribution < 1.29 is 24.2 Å². The van der Waals surface area contributed by atoms with Crippen LogP contribution in [0.5, 0.6) is 11.5 Å². The summed E-state index contributed by atoms with van der Waals surface area (Å²) < 4.78 is 12.6. The maximum absolute atomic E-state index is 12.7. The lowest BCUT2D eigenvalue weighted by molar-refractivity contribution is -0.140. The van der Waals surface area contributed by atoms with Crippen molar-refractivity contribution in [1.82, 2.24) is 4.90 Å². The van der Waals surface area contributed by atoms with Crippen LogP contribution in [0.15, 0.2) is 83.8 Å². The molecule has 3 aromatic carbocycles. The standard InChI is InChI=1S/C28H25NO5S2/c1-19(22-10-6-3-7-11-22)34-24-16-21(17-25-27(32)29(18-26(30)31)28(35)36-25)12-13-23(24)33-15-14-20-8-4-2-5-9-20/h2-13,16-17,19H,14-15,18H2,1H3,(H,30,31)/b25-17-/t19-/m0/s1. The van der Waals surface area contributed by atoms with Gasteiger partial charge in [-0.3, -0.25) is 14.5 Å². The number of carboxylic acids is 1. The van der Waals surface area contributed by atoms with Crippen LogP contribution in [-0.2, 0) is 16.0 Å². The minimum absolute atomic E-state index is 0.226. The van der Waals surface area contributed by atoms with Gasteiger partial charge in [0.25, 0.3) is 5.91 Å². The fourth-order valence-electron chi connectivity index (χ4n) is 3.65. The zero-order chi connectivity index (χ0) is 25.5. The predicted octanol–water partition coefficient (Wildman–Crippen LogP) is 5.73. The van der Waals surface area contributed by atoms with E-state index in [0.29, 0.717) is 23.0 Å². The van der Waals surface area contributed by atoms with Crippen molar-refractivity contribution in [2.75, 3.05) is 13.2 Å². The Morgan fingerprint density at radius 1 is 1.06 bits per heavy atom. The number of nitrogens with zero attached hydrogens (tertiary/aromatic N) is 1. The molecule has 1 aliphatic heterocycles. The molecule has 1 saturated heterocycles. The van der Waals surface area contributed by atoms with E-state index < -0.39 is 18.4 Å². The van der Waals surface area contributed by atoms with Gasteiger partial charge in [-0.15, -0.1) is 0 Å². The third-order valence-corrected chi connectivity index (χ3v) is 6.87. The number of ether oxygens (including phenoxy) is 2. The molecule has 0 saturated carbocycles. The molecule has 0 spiro atoms. The van der Waals surface area contributed by atoms with E-state index in [0.717, 1.165) is 34.2 Å². The quantitative estimate of drug-likeness (QED) is 0.271. The number of rotatable bonds is 10. The van der Waals surface area contributed by atoms with Crippen molar-refractivity contribution in [3.8, 4) is 11.5 Å². The third kappa shape index (κ3) is 6.53. The monoisotopic (exact) mass is 519 g/mol. The molecule has 1 N–H and O–H groups in total. The highest BCUT2D eigenvalue weighted by atomic mass is 32.2. The topological polar surface area (TPSA) is 76.1 Å². The Morgan fingerprint density at radius 2 is 1.75 bits per heavy atom. The number of carboxylic acid groups (broad SMARTS) is 1. The fourth-order valence-corrected chi connectivity index (χ4v) is 4.91. The SMILES string of the molecule is C[C@H](Oc1cc(/C=C2\SC(=S)N(CC(=O)O)C2=O)ccc1OCCc1ccccc1)c1ccccc1. The molecule has 8 heteroatoms. The molecule has 1 atom stereocenters. The second kappa shape index (κ2) is 11.9. The van der Waals surface area contributed by atoms with Gasteiger partial charge in [0.05, 0.1) is 11.5 Å². The number of amides is 1. The lowest BCUT2D eigenvalue weighted by Crippen LogP contribution is -2.33. The number of hydrogen-bond donors (Lipinski definition) is 1. The van der Waals surface area contributed by atoms with Gasteiger partial charge in [0.15, 0.2) is 11.5 Å². The summed E-state index contributed by atoms with van der Waals surface area (Å²) in [6.45, 7) is 1.99. The first-order chi connectivity index (χ1) is 17.4. The predicted molar refractivity (Wildman–Crippen MR) is 145 cm³/mol. The van der Waals surface area contributed by atoms with Crippen molar-refractivity contribution in [1.29, 1.82) is 0 Å². The molecule has 0 aliphatic carbocycles. The smallest absolute Gasteiger partial charge is 0.323 e. The largest absolute Gasteiger partial charge is 0.489 e. The summed E-state index contributed by atoms with van der Waals surface area (Å²) in [6.07, 6.45) is 2.21. The molecule has 0 radical (unpaired) electrons. The fraction of sp³-hybridized carbons (Fsp3) is 0.179. The van der Waals surface area contributed by atoms with Crippen molar-refractivity contribution >= 4 is 46.3 Å². The van der Waals surface area contributed by atoms with Gasteiger partial charge in [-0.1, -0.05) is 90.7 Å². The highest BCUT2D eigenvalue weighted by Gasteiger charge is 2.33. The summed E-state index contributed by atoms with van der Waals surface area (Å²) >= 11 is 6.28. The molecule has 1 amide bonds. The van der Waals surface area contributed by atoms with E-state index in [1.165, 1.54) is 5.56 Å². The molecule has 0 aromatic heterocycles. The number of carbonyl (C=O) groups is 2. The van der Waals surface area contributed by atoms with Gasteiger partial charge in [-0.05, 0) is 41.8 Å². The van der Waals surface area contributed by atoms with Gasteiger partial charge in [0, 0.05) is 6.42 Å². The van der Waals surface area contributed by atoms with E-state index in [4.69, 9.17) is 26.8 Å². The van der Waals surface area contributed by atoms with E-state index >= 15 is 0 Å². The summed E-state index contributed by atoms with van der Waals surface area (Å²) in [7, 11) is 0. The van der Waals surface area contributed by atoms with Crippen LogP contribution < -0.4 is 9.47 Å². The maximum atomic E-state index is 12.7. The second-order valence-corrected chi connectivity index (χ2v) is 9.80. The second-order valence-electron chi connectivity index (χ2n) is 8.12. The van der Waals surface area contributed by atoms with Gasteiger partial charge in [-0.25, -0.2) is 0 Å². The number of thiocarbonyl (C=S) groups is 1. The molecule has 3 aromatic rings. The number of aliphatic carboxylic acids is 1. The van der Waals surface area contributed by atoms with Crippen LogP contribution in [0.3, 0.4) is 0 Å². The first-order valence-electron chi connectivity index (χ1n) is 11.4. The zero-order valence-electron chi connectivity index (χ0n) is 19.6. The van der Waals surface area contributed by atoms with Gasteiger partial charge in [0.1, 0.15) is 17.0 Å². The van der Waals surface area contributed by atoms with Crippen LogP contribution >= 0.6 is 24.0 Å². The Kier molecular flexibility index (Phi) is 8.40. The Bertz CT molecular complexity index is 1280. The van der Waals surface area contributed by atoms with Gasteiger partial charge in [-0.2, -0.15) is 0 Å². The van der Waals surface area contributed by atoms with Crippen LogP contribution in [0.1, 0.15) is 29.7 Å². The maximum Gasteiger partial charge on any atom is 0.323 e. The third-order valence-electron chi connectivity index (χ3n) is 5.50. The van der Waals surface area contributed by atoms with Crippen molar-refractivity contribution in [2.24, 2.45) is 0 Å². The van der Waals surface area contributed by atoms with Crippen LogP contribution in [0.4, 0.5) is 0 Å². The van der Waals surface area contributed by atoms with Gasteiger partial charge >= 0.3 is 5.97 Å². The van der Waals surface area contributed by atoms with E-state index in [9.17, 15) is 9.59 Å². The molecule has 184 valence electrons. The Labute approximate surface area is 219 Å². The average molecular weight is 520 g/mol. The summed E-state index contributed by atoms with van der Waals surface area (Å²) in [5.41, 5.74) is 2.92. The Morgan fingerprint density at radius 3 is 2.44 bits per heavy atom. The van der Waals surface area contributed by atoms with Gasteiger partial charge < -0.3 is 14.6 Å². The van der Waals surface area contributed by atoms with Crippen LogP contribution in [0.25, 0.3) is 6.08 Å². The summed E-state index contributed by atoms with van der Waals surface area (Å²) in [5, 5.41) is 9.06. The van der Waals surface area contributed by atoms with Crippen molar-refractivity contribution in [2.45, 2.75) is 19.4 Å². The number of carbonyl (C=O) groups excluding carboxylic acids is 1. The zero-order valence-corrected chi connectivity index (χ0v) is 21.3. The molecule has 1 fully saturated rings. The normalized spacial score (nSPS) is 15.2. The van der Waals surface area contributed by atoms with E-state index in [1.807, 2.05) is 73.7 Å². The molecule has 0 bridgehead atoms. The Balaban J connectivity index is 1.56. The van der Waals surface area contributed by atoms with E-state index in [-0.39, 0.29) is 10.4 Å². The van der Waals surface area contributed by atoms with Gasteiger partial charge in [0.2, 0.25) is 0 Å². The molecule has 4 rings (SSSR count). The molecule has 6 nitrogen and oxygen atoms in total. The molecular formula is C28H25NO5S2. The molecule has 1 aliphatic rings. The van der Waals surface area contributed by atoms with Crippen molar-refractivity contribution in [3.05, 3.63) is 100 Å². The lowest BCUT2D eigenvalue weighted by Gasteiger charge is -2.19. The minimum Gasteiger partial charge on any atom is -0.489 e. The lowest BCUT2D eigenvalue weighted by atomic mass is 10.1. The molecule has 0 unspecified atom stereocenters. The summed E-state index contributed by atoms with van der Waals surface area (Å²) in [6, 6.07) is 25.4. The summed E-state index contributed by atoms with van der Waals surface area (Å²) in [5.74, 6) is -0.385. The van der Waals surface area contributed by atoms with Crippen LogP contribution in [0.2, 0.25) is 0 Å². The van der Waals surface area contributed by atoms with E-state index in [2.05, 4.69) is 12.1 Å². The number of benzene rings is 3. The first kappa shape index (κ1) is 25.5. The first-order valence-corrected chi connectivity index (χ1v) is 12.6. The van der Waals surface area contributed by atoms with Crippen molar-refractivity contribution in [3.63, 3.8) is 0 Å². The highest BCUT2D eigenvalue weighted by molar-refractivity contribution is 8.26. The van der Waals surface area contributed by atoms with Crippen LogP contribution in [-0.4, -0.2) is 39.4 Å². The van der Waals surface area contributed by atoms with Crippen LogP contribution in [0, 0.1) is 0 Å².